The molecule has 29 heavy (non-hydrogen) atoms. The minimum Gasteiger partial charge on any atom is -0.486 e. The highest BCUT2D eigenvalue weighted by molar-refractivity contribution is 5.59. The fourth-order valence-corrected chi connectivity index (χ4v) is 3.09. The highest BCUT2D eigenvalue weighted by Gasteiger charge is 2.30. The van der Waals surface area contributed by atoms with E-state index in [0.717, 1.165) is 29.9 Å². The van der Waals surface area contributed by atoms with E-state index in [9.17, 15) is 13.2 Å². The second-order valence-electron chi connectivity index (χ2n) is 8.46. The van der Waals surface area contributed by atoms with Gasteiger partial charge in [0.25, 0.3) is 0 Å². The lowest BCUT2D eigenvalue weighted by molar-refractivity contribution is -0.137. The van der Waals surface area contributed by atoms with Crippen LogP contribution in [0.25, 0.3) is 11.3 Å². The van der Waals surface area contributed by atoms with Crippen LogP contribution in [0, 0.1) is 12.3 Å². The Bertz CT molecular complexity index is 944. The maximum absolute atomic E-state index is 12.7. The summed E-state index contributed by atoms with van der Waals surface area (Å²) in [6.45, 7) is 8.75. The van der Waals surface area contributed by atoms with Crippen molar-refractivity contribution in [1.82, 2.24) is 0 Å². The number of rotatable bonds is 5. The van der Waals surface area contributed by atoms with Gasteiger partial charge in [0.05, 0.1) is 5.56 Å². The summed E-state index contributed by atoms with van der Waals surface area (Å²) >= 11 is 0. The molecular formula is C24H25F3O2. The van der Waals surface area contributed by atoms with E-state index in [2.05, 4.69) is 32.9 Å². The lowest BCUT2D eigenvalue weighted by atomic mass is 9.88. The van der Waals surface area contributed by atoms with Crippen LogP contribution >= 0.6 is 0 Å². The van der Waals surface area contributed by atoms with Crippen LogP contribution in [-0.2, 0) is 19.2 Å². The standard InChI is InChI=1S/C24H25F3O2/c1-16-13-21(18-7-9-19(10-8-18)24(25,26)27)29-22(16)15-28-20-11-5-17(6-12-20)14-23(2,3)4/h5-13H,14-15H2,1-4H3. The first-order valence-corrected chi connectivity index (χ1v) is 9.50. The molecule has 0 N–H and O–H groups in total. The number of benzene rings is 2. The first-order chi connectivity index (χ1) is 13.5. The predicted molar refractivity (Wildman–Crippen MR) is 108 cm³/mol. The van der Waals surface area contributed by atoms with E-state index in [1.165, 1.54) is 17.7 Å². The van der Waals surface area contributed by atoms with Crippen molar-refractivity contribution in [2.45, 2.75) is 46.9 Å². The summed E-state index contributed by atoms with van der Waals surface area (Å²) in [6.07, 6.45) is -3.36. The minimum atomic E-state index is -4.35. The molecule has 1 aromatic heterocycles. The zero-order valence-electron chi connectivity index (χ0n) is 17.1. The summed E-state index contributed by atoms with van der Waals surface area (Å²) in [7, 11) is 0. The van der Waals surface area contributed by atoms with Crippen LogP contribution in [0.1, 0.15) is 43.2 Å². The van der Waals surface area contributed by atoms with Crippen molar-refractivity contribution in [1.29, 1.82) is 0 Å². The first kappa shape index (κ1) is 21.0. The van der Waals surface area contributed by atoms with Crippen molar-refractivity contribution in [2.24, 2.45) is 5.41 Å². The Balaban J connectivity index is 1.66. The van der Waals surface area contributed by atoms with E-state index in [-0.39, 0.29) is 12.0 Å². The smallest absolute Gasteiger partial charge is 0.416 e. The van der Waals surface area contributed by atoms with Crippen molar-refractivity contribution in [2.75, 3.05) is 0 Å². The van der Waals surface area contributed by atoms with Gasteiger partial charge >= 0.3 is 6.18 Å². The maximum atomic E-state index is 12.7. The van der Waals surface area contributed by atoms with E-state index < -0.39 is 11.7 Å². The van der Waals surface area contributed by atoms with Gasteiger partial charge in [0.1, 0.15) is 23.9 Å². The van der Waals surface area contributed by atoms with Gasteiger partial charge in [-0.15, -0.1) is 0 Å². The zero-order valence-corrected chi connectivity index (χ0v) is 17.1. The highest BCUT2D eigenvalue weighted by atomic mass is 19.4. The Labute approximate surface area is 169 Å². The van der Waals surface area contributed by atoms with Crippen molar-refractivity contribution in [3.05, 3.63) is 77.0 Å². The maximum Gasteiger partial charge on any atom is 0.416 e. The Morgan fingerprint density at radius 2 is 1.52 bits per heavy atom. The van der Waals surface area contributed by atoms with Crippen LogP contribution in [-0.4, -0.2) is 0 Å². The normalized spacial score (nSPS) is 12.2. The number of hydrogen-bond donors (Lipinski definition) is 0. The number of aryl methyl sites for hydroxylation is 1. The largest absolute Gasteiger partial charge is 0.486 e. The Morgan fingerprint density at radius 3 is 2.07 bits per heavy atom. The number of furan rings is 1. The summed E-state index contributed by atoms with van der Waals surface area (Å²) in [6, 6.07) is 14.8. The molecule has 0 aliphatic carbocycles. The predicted octanol–water partition coefficient (Wildman–Crippen LogP) is 7.44. The monoisotopic (exact) mass is 402 g/mol. The van der Waals surface area contributed by atoms with Gasteiger partial charge in [0.15, 0.2) is 0 Å². The minimum absolute atomic E-state index is 0.225. The average Bonchev–Trinajstić information content (AvgIpc) is 3.00. The molecule has 1 heterocycles. The molecule has 0 bridgehead atoms. The van der Waals surface area contributed by atoms with Gasteiger partial charge in [-0.25, -0.2) is 0 Å². The van der Waals surface area contributed by atoms with E-state index in [1.54, 1.807) is 0 Å². The quantitative estimate of drug-likeness (QED) is 0.442. The summed E-state index contributed by atoms with van der Waals surface area (Å²) in [5.74, 6) is 1.92. The molecule has 0 aliphatic heterocycles. The fourth-order valence-electron chi connectivity index (χ4n) is 3.09. The van der Waals surface area contributed by atoms with E-state index in [0.29, 0.717) is 17.1 Å². The number of halogens is 3. The third-order valence-corrected chi connectivity index (χ3v) is 4.55. The Kier molecular flexibility index (Phi) is 5.78. The molecule has 0 fully saturated rings. The zero-order chi connectivity index (χ0) is 21.2. The Hall–Kier alpha value is -2.69. The van der Waals surface area contributed by atoms with Gasteiger partial charge in [-0.2, -0.15) is 13.2 Å². The van der Waals surface area contributed by atoms with E-state index >= 15 is 0 Å². The number of hydrogen-bond acceptors (Lipinski definition) is 2. The molecule has 154 valence electrons. The summed E-state index contributed by atoms with van der Waals surface area (Å²) in [5, 5.41) is 0. The molecule has 2 aromatic carbocycles. The van der Waals surface area contributed by atoms with Crippen LogP contribution in [0.15, 0.2) is 59.0 Å². The molecule has 2 nitrogen and oxygen atoms in total. The van der Waals surface area contributed by atoms with Crippen molar-refractivity contribution < 1.29 is 22.3 Å². The topological polar surface area (TPSA) is 22.4 Å². The van der Waals surface area contributed by atoms with Gasteiger partial charge < -0.3 is 9.15 Å². The second kappa shape index (κ2) is 7.97. The molecular weight excluding hydrogens is 377 g/mol. The average molecular weight is 402 g/mol. The van der Waals surface area contributed by atoms with Gasteiger partial charge in [-0.1, -0.05) is 45.0 Å². The summed E-state index contributed by atoms with van der Waals surface area (Å²) in [5.41, 5.74) is 2.29. The van der Waals surface area contributed by atoms with Crippen LogP contribution in [0.4, 0.5) is 13.2 Å². The van der Waals surface area contributed by atoms with Crippen LogP contribution < -0.4 is 4.74 Å². The van der Waals surface area contributed by atoms with Crippen LogP contribution in [0.5, 0.6) is 5.75 Å². The fraction of sp³-hybridized carbons (Fsp3) is 0.333. The summed E-state index contributed by atoms with van der Waals surface area (Å²) in [4.78, 5) is 0. The SMILES string of the molecule is Cc1cc(-c2ccc(C(F)(F)F)cc2)oc1COc1ccc(CC(C)(C)C)cc1. The molecule has 3 aromatic rings. The molecule has 3 rings (SSSR count). The molecule has 0 unspecified atom stereocenters. The molecule has 0 atom stereocenters. The van der Waals surface area contributed by atoms with Gasteiger partial charge in [-0.05, 0) is 60.2 Å². The van der Waals surface area contributed by atoms with Crippen LogP contribution in [0.3, 0.4) is 0 Å². The molecule has 0 aliphatic rings. The molecule has 0 saturated heterocycles. The first-order valence-electron chi connectivity index (χ1n) is 9.50. The molecule has 0 spiro atoms. The molecule has 0 saturated carbocycles. The van der Waals surface area contributed by atoms with Gasteiger partial charge in [-0.3, -0.25) is 0 Å². The highest BCUT2D eigenvalue weighted by Crippen LogP contribution is 2.32. The molecule has 5 heteroatoms. The Morgan fingerprint density at radius 1 is 0.897 bits per heavy atom. The van der Waals surface area contributed by atoms with Crippen LogP contribution in [0.2, 0.25) is 0 Å². The van der Waals surface area contributed by atoms with E-state index in [1.807, 2.05) is 25.1 Å². The molecule has 0 radical (unpaired) electrons. The second-order valence-corrected chi connectivity index (χ2v) is 8.46. The lowest BCUT2D eigenvalue weighted by Gasteiger charge is -2.18. The van der Waals surface area contributed by atoms with Crippen molar-refractivity contribution in [3.8, 4) is 17.1 Å². The lowest BCUT2D eigenvalue weighted by Crippen LogP contribution is -2.08. The number of alkyl halides is 3. The van der Waals surface area contributed by atoms with Crippen molar-refractivity contribution in [3.63, 3.8) is 0 Å². The van der Waals surface area contributed by atoms with Gasteiger partial charge in [0, 0.05) is 5.56 Å². The van der Waals surface area contributed by atoms with Gasteiger partial charge in [0.2, 0.25) is 0 Å². The third kappa shape index (κ3) is 5.66. The summed E-state index contributed by atoms with van der Waals surface area (Å²) < 4.78 is 49.8. The van der Waals surface area contributed by atoms with Crippen molar-refractivity contribution >= 4 is 0 Å². The number of ether oxygens (including phenoxy) is 1. The third-order valence-electron chi connectivity index (χ3n) is 4.55. The molecule has 0 amide bonds. The van der Waals surface area contributed by atoms with E-state index in [4.69, 9.17) is 9.15 Å².